The number of allylic oxidation sites excluding steroid dienone is 14. The van der Waals surface area contributed by atoms with Crippen molar-refractivity contribution in [3.05, 3.63) is 85.1 Å². The smallest absolute Gasteiger partial charge is 0.306 e. The highest BCUT2D eigenvalue weighted by Crippen LogP contribution is 2.38. The van der Waals surface area contributed by atoms with Gasteiger partial charge in [-0.1, -0.05) is 189 Å². The van der Waals surface area contributed by atoms with E-state index in [1.54, 1.807) is 0 Å². The van der Waals surface area contributed by atoms with E-state index in [0.29, 0.717) is 17.4 Å². The molecule has 9 nitrogen and oxygen atoms in total. The summed E-state index contributed by atoms with van der Waals surface area (Å²) in [4.78, 5) is 37.8. The number of likely N-dealkylation sites (N-methyl/N-ethyl adjacent to an activating group) is 1. The number of phosphoric acid groups is 1. The predicted octanol–water partition coefficient (Wildman–Crippen LogP) is 15.3. The fourth-order valence-corrected chi connectivity index (χ4v) is 7.56. The lowest BCUT2D eigenvalue weighted by Gasteiger charge is -2.28. The molecule has 0 bridgehead atoms. The van der Waals surface area contributed by atoms with Crippen LogP contribution in [0.1, 0.15) is 206 Å². The minimum atomic E-state index is -4.64. The Balaban J connectivity index is 4.29. The van der Waals surface area contributed by atoms with Gasteiger partial charge in [-0.15, -0.1) is 0 Å². The molecule has 0 N–H and O–H groups in total. The number of esters is 2. The largest absolute Gasteiger partial charge is 0.756 e. The Morgan fingerprint density at radius 3 is 1.29 bits per heavy atom. The van der Waals surface area contributed by atoms with Crippen molar-refractivity contribution in [1.82, 2.24) is 0 Å². The van der Waals surface area contributed by atoms with Crippen LogP contribution in [0.5, 0.6) is 0 Å². The first-order valence-corrected chi connectivity index (χ1v) is 27.8. The van der Waals surface area contributed by atoms with E-state index in [1.807, 2.05) is 21.1 Å². The lowest BCUT2D eigenvalue weighted by molar-refractivity contribution is -0.870. The number of ether oxygens (including phenoxy) is 2. The van der Waals surface area contributed by atoms with Crippen molar-refractivity contribution in [2.24, 2.45) is 0 Å². The highest BCUT2D eigenvalue weighted by atomic mass is 31.2. The van der Waals surface area contributed by atoms with Gasteiger partial charge in [0.25, 0.3) is 7.82 Å². The van der Waals surface area contributed by atoms with Crippen molar-refractivity contribution in [3.8, 4) is 0 Å². The lowest BCUT2D eigenvalue weighted by Crippen LogP contribution is -2.37. The van der Waals surface area contributed by atoms with Crippen molar-refractivity contribution in [2.75, 3.05) is 47.5 Å². The molecular weight excluding hydrogens is 846 g/mol. The van der Waals surface area contributed by atoms with Crippen LogP contribution >= 0.6 is 7.82 Å². The van der Waals surface area contributed by atoms with Gasteiger partial charge in [0.2, 0.25) is 0 Å². The normalized spacial score (nSPS) is 14.1. The van der Waals surface area contributed by atoms with Crippen molar-refractivity contribution in [2.45, 2.75) is 213 Å². The molecular formula is C56H98NO8P. The predicted molar refractivity (Wildman–Crippen MR) is 277 cm³/mol. The van der Waals surface area contributed by atoms with Gasteiger partial charge in [0.15, 0.2) is 6.10 Å². The number of carbonyl (C=O) groups excluding carboxylic acids is 2. The zero-order chi connectivity index (χ0) is 48.5. The number of hydrogen-bond donors (Lipinski definition) is 0. The number of unbranched alkanes of at least 4 members (excludes halogenated alkanes) is 19. The second-order valence-corrected chi connectivity index (χ2v) is 19.9. The average Bonchev–Trinajstić information content (AvgIpc) is 3.27. The van der Waals surface area contributed by atoms with E-state index in [4.69, 9.17) is 18.5 Å². The monoisotopic (exact) mass is 944 g/mol. The van der Waals surface area contributed by atoms with E-state index in [2.05, 4.69) is 98.9 Å². The maximum Gasteiger partial charge on any atom is 0.306 e. The van der Waals surface area contributed by atoms with Crippen molar-refractivity contribution < 1.29 is 42.1 Å². The fraction of sp³-hybridized carbons (Fsp3) is 0.714. The molecule has 0 radical (unpaired) electrons. The molecule has 0 aromatic rings. The van der Waals surface area contributed by atoms with Crippen LogP contribution in [0.3, 0.4) is 0 Å². The summed E-state index contributed by atoms with van der Waals surface area (Å²) in [6.45, 7) is 4.08. The van der Waals surface area contributed by atoms with Crippen molar-refractivity contribution in [1.29, 1.82) is 0 Å². The molecule has 0 amide bonds. The number of nitrogens with zero attached hydrogens (tertiary/aromatic N) is 1. The number of phosphoric ester groups is 1. The molecule has 0 rings (SSSR count). The summed E-state index contributed by atoms with van der Waals surface area (Å²) in [5.74, 6) is -0.862. The summed E-state index contributed by atoms with van der Waals surface area (Å²) < 4.78 is 34.1. The van der Waals surface area contributed by atoms with Crippen LogP contribution in [0.2, 0.25) is 0 Å². The molecule has 0 aliphatic heterocycles. The molecule has 2 atom stereocenters. The minimum Gasteiger partial charge on any atom is -0.756 e. The third-order valence-electron chi connectivity index (χ3n) is 10.9. The number of quaternary nitrogens is 1. The maximum absolute atomic E-state index is 12.7. The third kappa shape index (κ3) is 50.6. The molecule has 0 spiro atoms. The first kappa shape index (κ1) is 63.2. The Morgan fingerprint density at radius 1 is 0.485 bits per heavy atom. The Labute approximate surface area is 405 Å². The van der Waals surface area contributed by atoms with Crippen molar-refractivity contribution in [3.63, 3.8) is 0 Å². The van der Waals surface area contributed by atoms with E-state index in [1.165, 1.54) is 64.2 Å². The third-order valence-corrected chi connectivity index (χ3v) is 11.9. The zero-order valence-electron chi connectivity index (χ0n) is 42.9. The average molecular weight is 944 g/mol. The second-order valence-electron chi connectivity index (χ2n) is 18.5. The first-order valence-electron chi connectivity index (χ1n) is 26.3. The molecule has 0 heterocycles. The second kappa shape index (κ2) is 47.3. The van der Waals surface area contributed by atoms with Crippen LogP contribution in [0.15, 0.2) is 85.1 Å². The standard InChI is InChI=1S/C56H98NO8P/c1-6-8-10-12-14-16-18-20-22-24-26-27-28-29-31-32-34-36-38-40-42-44-46-48-55(58)62-52-54(53-64-66(60,61)63-51-50-57(3,4)5)65-56(59)49-47-45-43-41-39-37-35-33-30-25-23-21-19-17-15-13-11-9-7-2/h9,11,15,17-18,20-21,23-24,26,28-30,33,54H,6-8,10,12-14,16,19,22,25,27,31-32,34-53H2,1-5H3/b11-9-,17-15-,20-18-,23-21-,26-24-,29-28-,33-30-. The van der Waals surface area contributed by atoms with E-state index in [0.717, 1.165) is 109 Å². The van der Waals surface area contributed by atoms with Crippen LogP contribution in [-0.4, -0.2) is 70.0 Å². The van der Waals surface area contributed by atoms with Gasteiger partial charge in [0.05, 0.1) is 27.7 Å². The van der Waals surface area contributed by atoms with Crippen molar-refractivity contribution >= 4 is 19.8 Å². The summed E-state index contributed by atoms with van der Waals surface area (Å²) in [6, 6.07) is 0. The van der Waals surface area contributed by atoms with Gasteiger partial charge < -0.3 is 27.9 Å². The van der Waals surface area contributed by atoms with Gasteiger partial charge in [-0.05, 0) is 89.9 Å². The van der Waals surface area contributed by atoms with Gasteiger partial charge >= 0.3 is 11.9 Å². The van der Waals surface area contributed by atoms with E-state index in [-0.39, 0.29) is 26.1 Å². The zero-order valence-corrected chi connectivity index (χ0v) is 43.8. The lowest BCUT2D eigenvalue weighted by atomic mass is 10.1. The van der Waals surface area contributed by atoms with Crippen LogP contribution in [0.4, 0.5) is 0 Å². The van der Waals surface area contributed by atoms with Gasteiger partial charge in [-0.3, -0.25) is 14.2 Å². The molecule has 0 aliphatic rings. The van der Waals surface area contributed by atoms with E-state index >= 15 is 0 Å². The topological polar surface area (TPSA) is 111 Å². The summed E-state index contributed by atoms with van der Waals surface area (Å²) >= 11 is 0. The Kier molecular flexibility index (Phi) is 45.3. The summed E-state index contributed by atoms with van der Waals surface area (Å²) in [5.41, 5.74) is 0. The molecule has 0 aromatic heterocycles. The highest BCUT2D eigenvalue weighted by molar-refractivity contribution is 7.45. The molecule has 0 aliphatic carbocycles. The number of rotatable bonds is 47. The molecule has 0 saturated carbocycles. The SMILES string of the molecule is CC/C=C\C/C=C\C/C=C\C/C=C\CCCCCCCCC(=O)OC(COC(=O)CCCCCCCCCC/C=C\C/C=C\C/C=C\CCCCCCC)COP(=O)([O-])OCC[N+](C)(C)C. The number of hydrogen-bond acceptors (Lipinski definition) is 8. The Bertz CT molecular complexity index is 1390. The molecule has 0 saturated heterocycles. The maximum atomic E-state index is 12.7. The van der Waals surface area contributed by atoms with E-state index in [9.17, 15) is 19.0 Å². The molecule has 0 aromatic carbocycles. The molecule has 380 valence electrons. The Morgan fingerprint density at radius 2 is 0.864 bits per heavy atom. The summed E-state index contributed by atoms with van der Waals surface area (Å²) in [6.07, 6.45) is 61.8. The summed E-state index contributed by atoms with van der Waals surface area (Å²) in [7, 11) is 1.14. The van der Waals surface area contributed by atoms with Crippen LogP contribution in [0, 0.1) is 0 Å². The van der Waals surface area contributed by atoms with E-state index < -0.39 is 32.5 Å². The Hall–Kier alpha value is -2.81. The molecule has 10 heteroatoms. The molecule has 66 heavy (non-hydrogen) atoms. The summed E-state index contributed by atoms with van der Waals surface area (Å²) in [5, 5.41) is 0. The van der Waals surface area contributed by atoms with Gasteiger partial charge in [-0.25, -0.2) is 0 Å². The molecule has 2 unspecified atom stereocenters. The fourth-order valence-electron chi connectivity index (χ4n) is 6.83. The van der Waals surface area contributed by atoms with Gasteiger partial charge in [0.1, 0.15) is 19.8 Å². The van der Waals surface area contributed by atoms with Crippen LogP contribution < -0.4 is 4.89 Å². The minimum absolute atomic E-state index is 0.0396. The van der Waals surface area contributed by atoms with Crippen LogP contribution in [0.25, 0.3) is 0 Å². The first-order chi connectivity index (χ1) is 32.0. The van der Waals surface area contributed by atoms with Crippen LogP contribution in [-0.2, 0) is 32.7 Å². The molecule has 0 fully saturated rings. The number of carbonyl (C=O) groups is 2. The van der Waals surface area contributed by atoms with Gasteiger partial charge in [0, 0.05) is 12.8 Å². The highest BCUT2D eigenvalue weighted by Gasteiger charge is 2.21. The quantitative estimate of drug-likeness (QED) is 0.0195. The van der Waals surface area contributed by atoms with Gasteiger partial charge in [-0.2, -0.15) is 0 Å².